The van der Waals surface area contributed by atoms with Gasteiger partial charge in [0.05, 0.1) is 18.2 Å². The number of fused-ring (bicyclic) bond motifs is 4. The molecule has 0 bridgehead atoms. The lowest BCUT2D eigenvalue weighted by atomic mass is 9.75. The molecule has 1 aromatic carbocycles. The van der Waals surface area contributed by atoms with Gasteiger partial charge in [0.25, 0.3) is 0 Å². The molecule has 8 atom stereocenters. The van der Waals surface area contributed by atoms with Gasteiger partial charge in [0, 0.05) is 12.5 Å². The van der Waals surface area contributed by atoms with Crippen LogP contribution in [0, 0.1) is 5.92 Å². The van der Waals surface area contributed by atoms with Crippen LogP contribution in [0.15, 0.2) is 30.3 Å². The second-order valence-corrected chi connectivity index (χ2v) is 8.91. The molecule has 146 valence electrons. The number of benzene rings is 1. The largest absolute Gasteiger partial charge is 0.369 e. The number of ether oxygens (including phenoxy) is 4. The first-order valence-electron chi connectivity index (χ1n) is 10.2. The third kappa shape index (κ3) is 2.62. The molecule has 6 rings (SSSR count). The van der Waals surface area contributed by atoms with Gasteiger partial charge in [0.2, 0.25) is 0 Å². The van der Waals surface area contributed by atoms with E-state index in [4.69, 9.17) is 23.8 Å². The average molecular weight is 373 g/mol. The van der Waals surface area contributed by atoms with Gasteiger partial charge in [-0.25, -0.2) is 0 Å². The predicted molar refractivity (Wildman–Crippen MR) is 95.3 cm³/mol. The Hall–Kier alpha value is -1.02. The van der Waals surface area contributed by atoms with Crippen molar-refractivity contribution in [2.24, 2.45) is 5.92 Å². The Kier molecular flexibility index (Phi) is 3.75. The maximum atomic E-state index is 6.56. The van der Waals surface area contributed by atoms with Crippen LogP contribution in [0.1, 0.15) is 38.7 Å². The first kappa shape index (κ1) is 16.9. The van der Waals surface area contributed by atoms with Crippen LogP contribution in [0.25, 0.3) is 0 Å². The van der Waals surface area contributed by atoms with Crippen molar-refractivity contribution in [3.63, 3.8) is 0 Å². The Balaban J connectivity index is 1.32. The second-order valence-electron chi connectivity index (χ2n) is 8.91. The van der Waals surface area contributed by atoms with Gasteiger partial charge >= 0.3 is 0 Å². The number of hydrogen-bond acceptors (Lipinski definition) is 6. The molecule has 0 radical (unpaired) electrons. The van der Waals surface area contributed by atoms with Crippen molar-refractivity contribution in [3.05, 3.63) is 35.9 Å². The van der Waals surface area contributed by atoms with Crippen LogP contribution in [0.5, 0.6) is 0 Å². The van der Waals surface area contributed by atoms with Gasteiger partial charge in [-0.3, -0.25) is 4.84 Å². The summed E-state index contributed by atoms with van der Waals surface area (Å²) in [5.74, 6) is -0.263. The minimum atomic E-state index is -0.620. The molecule has 4 aliphatic heterocycles. The molecular weight excluding hydrogens is 346 g/mol. The molecule has 0 aromatic heterocycles. The third-order valence-corrected chi connectivity index (χ3v) is 6.71. The van der Waals surface area contributed by atoms with Crippen molar-refractivity contribution < 1.29 is 23.8 Å². The maximum absolute atomic E-state index is 6.56. The molecule has 0 spiro atoms. The van der Waals surface area contributed by atoms with Crippen molar-refractivity contribution in [2.75, 3.05) is 0 Å². The van der Waals surface area contributed by atoms with Gasteiger partial charge in [-0.15, -0.1) is 0 Å². The summed E-state index contributed by atoms with van der Waals surface area (Å²) in [5.41, 5.74) is 1.25. The second kappa shape index (κ2) is 5.99. The maximum Gasteiger partial charge on any atom is 0.190 e. The summed E-state index contributed by atoms with van der Waals surface area (Å²) < 4.78 is 25.1. The molecular formula is C21H27NO5. The van der Waals surface area contributed by atoms with Gasteiger partial charge in [-0.1, -0.05) is 30.3 Å². The number of rotatable bonds is 2. The topological polar surface area (TPSA) is 49.4 Å². The standard InChI is InChI=1S/C21H27NO5/c1-21(2)25-19-18-17(24-20(19)26-21)16-15-13(23-18)9-6-10-14(15)27-22(16)11-12-7-4-3-5-8-12/h3-5,7-8,13-20H,6,9-11H2,1-2H3/t13-,14+,15-,16+,17-,18-,19-,20-/m1/s1. The van der Waals surface area contributed by atoms with E-state index in [2.05, 4.69) is 29.3 Å². The molecule has 5 fully saturated rings. The highest BCUT2D eigenvalue weighted by atomic mass is 16.8. The molecule has 1 aliphatic carbocycles. The highest BCUT2D eigenvalue weighted by Gasteiger charge is 2.66. The fourth-order valence-electron chi connectivity index (χ4n) is 5.73. The fourth-order valence-corrected chi connectivity index (χ4v) is 5.73. The molecule has 0 unspecified atom stereocenters. The molecule has 27 heavy (non-hydrogen) atoms. The average Bonchev–Trinajstić information content (AvgIpc) is 3.26. The molecule has 1 saturated carbocycles. The van der Waals surface area contributed by atoms with Crippen LogP contribution < -0.4 is 0 Å². The van der Waals surface area contributed by atoms with Crippen LogP contribution in [-0.4, -0.2) is 53.7 Å². The Morgan fingerprint density at radius 3 is 2.63 bits per heavy atom. The van der Waals surface area contributed by atoms with Gasteiger partial charge in [-0.2, -0.15) is 5.06 Å². The Bertz CT molecular complexity index is 712. The summed E-state index contributed by atoms with van der Waals surface area (Å²) in [6.45, 7) is 4.64. The first-order chi connectivity index (χ1) is 13.1. The van der Waals surface area contributed by atoms with E-state index in [0.29, 0.717) is 5.92 Å². The molecule has 5 aliphatic rings. The number of hydroxylamine groups is 2. The summed E-state index contributed by atoms with van der Waals surface area (Å²) in [6.07, 6.45) is 3.07. The Labute approximate surface area is 159 Å². The van der Waals surface area contributed by atoms with Crippen LogP contribution in [0.3, 0.4) is 0 Å². The van der Waals surface area contributed by atoms with E-state index in [1.165, 1.54) is 5.56 Å². The van der Waals surface area contributed by atoms with Crippen LogP contribution in [0.2, 0.25) is 0 Å². The van der Waals surface area contributed by atoms with Crippen molar-refractivity contribution in [3.8, 4) is 0 Å². The van der Waals surface area contributed by atoms with Crippen molar-refractivity contribution >= 4 is 0 Å². The van der Waals surface area contributed by atoms with Gasteiger partial charge in [0.15, 0.2) is 12.1 Å². The summed E-state index contributed by atoms with van der Waals surface area (Å²) in [5, 5.41) is 2.16. The zero-order chi connectivity index (χ0) is 18.2. The molecule has 1 aromatic rings. The predicted octanol–water partition coefficient (Wildman–Crippen LogP) is 2.61. The highest BCUT2D eigenvalue weighted by molar-refractivity contribution is 5.16. The van der Waals surface area contributed by atoms with Crippen molar-refractivity contribution in [1.29, 1.82) is 0 Å². The summed E-state index contributed by atoms with van der Waals surface area (Å²) >= 11 is 0. The molecule has 4 heterocycles. The normalized spacial score (nSPS) is 47.5. The summed E-state index contributed by atoms with van der Waals surface area (Å²) in [6, 6.07) is 10.7. The Morgan fingerprint density at radius 2 is 1.78 bits per heavy atom. The minimum Gasteiger partial charge on any atom is -0.369 e. The summed E-state index contributed by atoms with van der Waals surface area (Å²) in [4.78, 5) is 6.45. The van der Waals surface area contributed by atoms with E-state index in [1.54, 1.807) is 0 Å². The Morgan fingerprint density at radius 1 is 0.963 bits per heavy atom. The van der Waals surface area contributed by atoms with E-state index >= 15 is 0 Å². The van der Waals surface area contributed by atoms with E-state index in [-0.39, 0.29) is 42.9 Å². The summed E-state index contributed by atoms with van der Waals surface area (Å²) in [7, 11) is 0. The van der Waals surface area contributed by atoms with Gasteiger partial charge in [0.1, 0.15) is 18.3 Å². The zero-order valence-corrected chi connectivity index (χ0v) is 15.8. The van der Waals surface area contributed by atoms with Crippen molar-refractivity contribution in [2.45, 2.75) is 88.3 Å². The van der Waals surface area contributed by atoms with Gasteiger partial charge in [-0.05, 0) is 38.7 Å². The van der Waals surface area contributed by atoms with E-state index in [1.807, 2.05) is 19.9 Å². The quantitative estimate of drug-likeness (QED) is 0.794. The lowest BCUT2D eigenvalue weighted by Gasteiger charge is -2.45. The van der Waals surface area contributed by atoms with Crippen LogP contribution >= 0.6 is 0 Å². The van der Waals surface area contributed by atoms with E-state index < -0.39 is 5.79 Å². The molecule has 4 saturated heterocycles. The third-order valence-electron chi connectivity index (χ3n) is 6.71. The molecule has 6 nitrogen and oxygen atoms in total. The molecule has 0 N–H and O–H groups in total. The van der Waals surface area contributed by atoms with Crippen molar-refractivity contribution in [1.82, 2.24) is 5.06 Å². The van der Waals surface area contributed by atoms with Crippen LogP contribution in [0.4, 0.5) is 0 Å². The fraction of sp³-hybridized carbons (Fsp3) is 0.714. The lowest BCUT2D eigenvalue weighted by Crippen LogP contribution is -2.59. The SMILES string of the molecule is CC1(C)O[C@H]2O[C@H]3[C@@H](O[C@@H]4CCC[C@@H]5ON(Cc6ccccc6)[C@H]3[C@@H]54)[C@H]2O1. The van der Waals surface area contributed by atoms with Crippen LogP contribution in [-0.2, 0) is 30.3 Å². The molecule has 0 amide bonds. The van der Waals surface area contributed by atoms with E-state index in [0.717, 1.165) is 25.8 Å². The zero-order valence-electron chi connectivity index (χ0n) is 15.8. The van der Waals surface area contributed by atoms with Gasteiger partial charge < -0.3 is 18.9 Å². The highest BCUT2D eigenvalue weighted by Crippen LogP contribution is 2.51. The molecule has 6 heteroatoms. The number of hydrogen-bond donors (Lipinski definition) is 0. The number of nitrogens with zero attached hydrogens (tertiary/aromatic N) is 1. The monoisotopic (exact) mass is 373 g/mol. The first-order valence-corrected chi connectivity index (χ1v) is 10.2. The smallest absolute Gasteiger partial charge is 0.190 e. The van der Waals surface area contributed by atoms with E-state index in [9.17, 15) is 0 Å². The minimum absolute atomic E-state index is 0.0795. The lowest BCUT2D eigenvalue weighted by molar-refractivity contribution is -0.255.